The van der Waals surface area contributed by atoms with Crippen LogP contribution in [0.2, 0.25) is 0 Å². The topological polar surface area (TPSA) is 67.2 Å². The van der Waals surface area contributed by atoms with Gasteiger partial charge in [0.1, 0.15) is 5.82 Å². The molecule has 1 heterocycles. The average Bonchev–Trinajstić information content (AvgIpc) is 2.58. The number of anilines is 1. The van der Waals surface area contributed by atoms with Crippen LogP contribution in [0.15, 0.2) is 42.5 Å². The van der Waals surface area contributed by atoms with Crippen molar-refractivity contribution < 1.29 is 9.18 Å². The quantitative estimate of drug-likeness (QED) is 0.812. The normalized spacial score (nSPS) is 14.9. The van der Waals surface area contributed by atoms with Crippen molar-refractivity contribution in [3.63, 3.8) is 0 Å². The molecule has 0 spiro atoms. The van der Waals surface area contributed by atoms with E-state index < -0.39 is 6.04 Å². The van der Waals surface area contributed by atoms with Crippen molar-refractivity contribution in [1.82, 2.24) is 5.32 Å². The Labute approximate surface area is 134 Å². The summed E-state index contributed by atoms with van der Waals surface area (Å²) < 4.78 is 14.5. The highest BCUT2D eigenvalue weighted by molar-refractivity contribution is 5.91. The van der Waals surface area contributed by atoms with Crippen molar-refractivity contribution in [3.8, 4) is 0 Å². The van der Waals surface area contributed by atoms with E-state index in [9.17, 15) is 9.18 Å². The summed E-state index contributed by atoms with van der Waals surface area (Å²) in [6, 6.07) is 12.5. The fourth-order valence-corrected chi connectivity index (χ4v) is 2.85. The number of rotatable bonds is 4. The molecule has 4 nitrogen and oxygen atoms in total. The summed E-state index contributed by atoms with van der Waals surface area (Å²) in [6.07, 6.45) is 0.747. The Bertz CT molecular complexity index is 703. The second kappa shape index (κ2) is 6.89. The molecule has 0 aromatic heterocycles. The SMILES string of the molecule is NC(CC(=O)Nc1ccc2c(c1F)CCNC2)c1ccccc1. The third-order valence-electron chi connectivity index (χ3n) is 4.11. The zero-order chi connectivity index (χ0) is 16.2. The number of carbonyl (C=O) groups excluding carboxylic acids is 1. The molecule has 1 amide bonds. The van der Waals surface area contributed by atoms with E-state index in [0.717, 1.165) is 17.7 Å². The summed E-state index contributed by atoms with van der Waals surface area (Å²) in [7, 11) is 0. The van der Waals surface area contributed by atoms with Gasteiger partial charge in [0.25, 0.3) is 0 Å². The fraction of sp³-hybridized carbons (Fsp3) is 0.278. The molecule has 0 aliphatic carbocycles. The molecule has 2 aromatic carbocycles. The molecule has 23 heavy (non-hydrogen) atoms. The number of hydrogen-bond acceptors (Lipinski definition) is 3. The molecule has 120 valence electrons. The van der Waals surface area contributed by atoms with Crippen LogP contribution in [0.5, 0.6) is 0 Å². The smallest absolute Gasteiger partial charge is 0.226 e. The molecule has 0 saturated carbocycles. The number of hydrogen-bond donors (Lipinski definition) is 3. The molecule has 0 radical (unpaired) electrons. The number of nitrogens with one attached hydrogen (secondary N) is 2. The molecular formula is C18H20FN3O. The van der Waals surface area contributed by atoms with Crippen LogP contribution in [-0.2, 0) is 17.8 Å². The average molecular weight is 313 g/mol. The lowest BCUT2D eigenvalue weighted by atomic mass is 9.99. The Hall–Kier alpha value is -2.24. The number of halogens is 1. The van der Waals surface area contributed by atoms with E-state index in [4.69, 9.17) is 5.73 Å². The van der Waals surface area contributed by atoms with E-state index in [1.165, 1.54) is 0 Å². The van der Waals surface area contributed by atoms with E-state index in [1.807, 2.05) is 36.4 Å². The third kappa shape index (κ3) is 3.57. The van der Waals surface area contributed by atoms with Gasteiger partial charge in [0.2, 0.25) is 5.91 Å². The lowest BCUT2D eigenvalue weighted by molar-refractivity contribution is -0.116. The molecule has 2 aromatic rings. The molecule has 4 N–H and O–H groups in total. The molecule has 0 bridgehead atoms. The highest BCUT2D eigenvalue weighted by Crippen LogP contribution is 2.25. The number of amides is 1. The maximum absolute atomic E-state index is 14.5. The van der Waals surface area contributed by atoms with Crippen LogP contribution in [0, 0.1) is 5.82 Å². The number of benzene rings is 2. The van der Waals surface area contributed by atoms with Crippen molar-refractivity contribution in [2.45, 2.75) is 25.4 Å². The van der Waals surface area contributed by atoms with E-state index in [2.05, 4.69) is 10.6 Å². The first-order valence-corrected chi connectivity index (χ1v) is 7.76. The second-order valence-electron chi connectivity index (χ2n) is 5.76. The van der Waals surface area contributed by atoms with Gasteiger partial charge >= 0.3 is 0 Å². The molecule has 0 fully saturated rings. The Kier molecular flexibility index (Phi) is 4.69. The maximum atomic E-state index is 14.5. The van der Waals surface area contributed by atoms with Crippen LogP contribution >= 0.6 is 0 Å². The lowest BCUT2D eigenvalue weighted by Crippen LogP contribution is -2.26. The van der Waals surface area contributed by atoms with Gasteiger partial charge in [0.05, 0.1) is 5.69 Å². The molecule has 5 heteroatoms. The van der Waals surface area contributed by atoms with Gasteiger partial charge in [-0.1, -0.05) is 36.4 Å². The van der Waals surface area contributed by atoms with Crippen molar-refractivity contribution >= 4 is 11.6 Å². The molecule has 3 rings (SSSR count). The van der Waals surface area contributed by atoms with Gasteiger partial charge in [-0.05, 0) is 35.7 Å². The third-order valence-corrected chi connectivity index (χ3v) is 4.11. The van der Waals surface area contributed by atoms with Crippen molar-refractivity contribution in [2.75, 3.05) is 11.9 Å². The summed E-state index contributed by atoms with van der Waals surface area (Å²) in [5.41, 5.74) is 8.80. The summed E-state index contributed by atoms with van der Waals surface area (Å²) in [5, 5.41) is 5.85. The van der Waals surface area contributed by atoms with E-state index >= 15 is 0 Å². The summed E-state index contributed by atoms with van der Waals surface area (Å²) in [6.45, 7) is 1.42. The molecule has 0 saturated heterocycles. The number of carbonyl (C=O) groups is 1. The van der Waals surface area contributed by atoms with Gasteiger partial charge in [-0.25, -0.2) is 4.39 Å². The predicted molar refractivity (Wildman–Crippen MR) is 88.4 cm³/mol. The van der Waals surface area contributed by atoms with E-state index in [1.54, 1.807) is 6.07 Å². The monoisotopic (exact) mass is 313 g/mol. The zero-order valence-electron chi connectivity index (χ0n) is 12.8. The largest absolute Gasteiger partial charge is 0.324 e. The van der Waals surface area contributed by atoms with Gasteiger partial charge < -0.3 is 16.4 Å². The highest BCUT2D eigenvalue weighted by Gasteiger charge is 2.18. The summed E-state index contributed by atoms with van der Waals surface area (Å²) in [5.74, 6) is -0.611. The first-order chi connectivity index (χ1) is 11.1. The van der Waals surface area contributed by atoms with Crippen LogP contribution in [0.25, 0.3) is 0 Å². The minimum absolute atomic E-state index is 0.113. The van der Waals surface area contributed by atoms with Crippen LogP contribution in [0.1, 0.15) is 29.2 Å². The molecule has 1 unspecified atom stereocenters. The van der Waals surface area contributed by atoms with Crippen LogP contribution in [-0.4, -0.2) is 12.5 Å². The van der Waals surface area contributed by atoms with Crippen LogP contribution < -0.4 is 16.4 Å². The Balaban J connectivity index is 1.68. The highest BCUT2D eigenvalue weighted by atomic mass is 19.1. The fourth-order valence-electron chi connectivity index (χ4n) is 2.85. The van der Waals surface area contributed by atoms with Crippen molar-refractivity contribution in [1.29, 1.82) is 0 Å². The minimum Gasteiger partial charge on any atom is -0.324 e. The second-order valence-corrected chi connectivity index (χ2v) is 5.76. The maximum Gasteiger partial charge on any atom is 0.226 e. The van der Waals surface area contributed by atoms with Crippen LogP contribution in [0.3, 0.4) is 0 Å². The zero-order valence-corrected chi connectivity index (χ0v) is 12.8. The summed E-state index contributed by atoms with van der Waals surface area (Å²) >= 11 is 0. The standard InChI is InChI=1S/C18H20FN3O/c19-18-14-8-9-21-11-13(14)6-7-16(18)22-17(23)10-15(20)12-4-2-1-3-5-12/h1-7,15,21H,8-11,20H2,(H,22,23). The minimum atomic E-state index is -0.402. The van der Waals surface area contributed by atoms with Gasteiger partial charge in [0.15, 0.2) is 0 Å². The van der Waals surface area contributed by atoms with Crippen LogP contribution in [0.4, 0.5) is 10.1 Å². The Morgan fingerprint density at radius 2 is 2.04 bits per heavy atom. The lowest BCUT2D eigenvalue weighted by Gasteiger charge is -2.19. The van der Waals surface area contributed by atoms with Gasteiger partial charge in [-0.2, -0.15) is 0 Å². The molecular weight excluding hydrogens is 293 g/mol. The van der Waals surface area contributed by atoms with E-state index in [0.29, 0.717) is 18.5 Å². The first kappa shape index (κ1) is 15.6. The van der Waals surface area contributed by atoms with Gasteiger partial charge in [-0.3, -0.25) is 4.79 Å². The molecule has 1 atom stereocenters. The van der Waals surface area contributed by atoms with Crippen molar-refractivity contribution in [2.24, 2.45) is 5.73 Å². The first-order valence-electron chi connectivity index (χ1n) is 7.76. The molecule has 1 aliphatic rings. The number of nitrogens with two attached hydrogens (primary N) is 1. The summed E-state index contributed by atoms with van der Waals surface area (Å²) in [4.78, 5) is 12.1. The van der Waals surface area contributed by atoms with Gasteiger partial charge in [-0.15, -0.1) is 0 Å². The predicted octanol–water partition coefficient (Wildman–Crippen LogP) is 2.50. The number of fused-ring (bicyclic) bond motifs is 1. The molecule has 1 aliphatic heterocycles. The van der Waals surface area contributed by atoms with Gasteiger partial charge in [0, 0.05) is 19.0 Å². The van der Waals surface area contributed by atoms with E-state index in [-0.39, 0.29) is 23.8 Å². The van der Waals surface area contributed by atoms with Crippen molar-refractivity contribution in [3.05, 3.63) is 65.0 Å². The Morgan fingerprint density at radius 1 is 1.26 bits per heavy atom. The Morgan fingerprint density at radius 3 is 2.83 bits per heavy atom.